The first-order valence-electron chi connectivity index (χ1n) is 6.34. The number of hydrogen-bond acceptors (Lipinski definition) is 2. The Morgan fingerprint density at radius 1 is 1.24 bits per heavy atom. The van der Waals surface area contributed by atoms with Gasteiger partial charge in [0.25, 0.3) is 5.91 Å². The molecule has 1 aromatic carbocycles. The quantitative estimate of drug-likeness (QED) is 0.853. The lowest BCUT2D eigenvalue weighted by atomic mass is 9.78. The van der Waals surface area contributed by atoms with Gasteiger partial charge in [-0.25, -0.2) is 0 Å². The summed E-state index contributed by atoms with van der Waals surface area (Å²) in [7, 11) is 0. The average Bonchev–Trinajstić information content (AvgIpc) is 2.37. The largest absolute Gasteiger partial charge is 0.416 e. The van der Waals surface area contributed by atoms with E-state index < -0.39 is 29.8 Å². The van der Waals surface area contributed by atoms with Crippen LogP contribution in [0.25, 0.3) is 0 Å². The van der Waals surface area contributed by atoms with Crippen molar-refractivity contribution < 1.29 is 22.8 Å². The van der Waals surface area contributed by atoms with Gasteiger partial charge in [-0.05, 0) is 19.4 Å². The number of benzene rings is 1. The summed E-state index contributed by atoms with van der Waals surface area (Å²) < 4.78 is 40.9. The topological polar surface area (TPSA) is 46.2 Å². The molecule has 2 rings (SSSR count). The van der Waals surface area contributed by atoms with Gasteiger partial charge in [-0.1, -0.05) is 35.9 Å². The lowest BCUT2D eigenvalue weighted by molar-refractivity contribution is -0.203. The average molecular weight is 297 g/mol. The monoisotopic (exact) mass is 297 g/mol. The zero-order valence-corrected chi connectivity index (χ0v) is 11.5. The maximum atomic E-state index is 13.6. The molecule has 1 N–H and O–H groups in total. The Balaban J connectivity index is 2.62. The lowest BCUT2D eigenvalue weighted by Gasteiger charge is -2.40. The SMILES string of the molecule is CC(=O)C1=C(C)C[C@](c2ccccc2)(C(F)(F)F)NC1=O. The summed E-state index contributed by atoms with van der Waals surface area (Å²) in [6, 6.07) is 7.20. The number of carbonyl (C=O) groups is 2. The fourth-order valence-electron chi connectivity index (χ4n) is 2.67. The highest BCUT2D eigenvalue weighted by molar-refractivity contribution is 6.19. The molecule has 0 unspecified atom stereocenters. The highest BCUT2D eigenvalue weighted by Crippen LogP contribution is 2.45. The van der Waals surface area contributed by atoms with Gasteiger partial charge >= 0.3 is 6.18 Å². The Hall–Kier alpha value is -2.11. The summed E-state index contributed by atoms with van der Waals surface area (Å²) in [5.74, 6) is -1.51. The van der Waals surface area contributed by atoms with E-state index in [1.54, 1.807) is 6.07 Å². The standard InChI is InChI=1S/C15H14F3NO2/c1-9-8-14(15(16,17)18,11-6-4-3-5-7-11)19-13(21)12(9)10(2)20/h3-7H,8H2,1-2H3,(H,19,21)/t14-/m0/s1. The molecule has 1 aliphatic rings. The van der Waals surface area contributed by atoms with Gasteiger partial charge in [-0.15, -0.1) is 0 Å². The van der Waals surface area contributed by atoms with Crippen LogP contribution in [0.4, 0.5) is 13.2 Å². The van der Waals surface area contributed by atoms with Gasteiger partial charge in [0.1, 0.15) is 0 Å². The van der Waals surface area contributed by atoms with Crippen molar-refractivity contribution in [2.24, 2.45) is 0 Å². The molecular formula is C15H14F3NO2. The van der Waals surface area contributed by atoms with Crippen LogP contribution in [0.5, 0.6) is 0 Å². The Labute approximate surface area is 119 Å². The number of rotatable bonds is 2. The summed E-state index contributed by atoms with van der Waals surface area (Å²) >= 11 is 0. The first-order valence-corrected chi connectivity index (χ1v) is 6.34. The number of Topliss-reactive ketones (excluding diaryl/α,β-unsaturated/α-hetero) is 1. The molecule has 0 saturated heterocycles. The molecule has 0 aliphatic carbocycles. The smallest absolute Gasteiger partial charge is 0.334 e. The maximum absolute atomic E-state index is 13.6. The van der Waals surface area contributed by atoms with E-state index in [0.717, 1.165) is 0 Å². The second-order valence-electron chi connectivity index (χ2n) is 5.11. The summed E-state index contributed by atoms with van der Waals surface area (Å²) in [6.45, 7) is 2.56. The van der Waals surface area contributed by atoms with Gasteiger partial charge in [0.15, 0.2) is 11.3 Å². The van der Waals surface area contributed by atoms with Crippen LogP contribution in [0, 0.1) is 0 Å². The van der Waals surface area contributed by atoms with E-state index in [9.17, 15) is 22.8 Å². The van der Waals surface area contributed by atoms with Crippen LogP contribution in [0.2, 0.25) is 0 Å². The van der Waals surface area contributed by atoms with Crippen molar-refractivity contribution in [3.05, 3.63) is 47.0 Å². The van der Waals surface area contributed by atoms with Crippen LogP contribution in [-0.4, -0.2) is 17.9 Å². The molecule has 1 heterocycles. The second kappa shape index (κ2) is 5.02. The molecule has 6 heteroatoms. The number of amides is 1. The molecule has 3 nitrogen and oxygen atoms in total. The van der Waals surface area contributed by atoms with Crippen molar-refractivity contribution in [1.82, 2.24) is 5.32 Å². The van der Waals surface area contributed by atoms with Crippen molar-refractivity contribution in [3.8, 4) is 0 Å². The van der Waals surface area contributed by atoms with Crippen LogP contribution in [0.1, 0.15) is 25.8 Å². The predicted molar refractivity (Wildman–Crippen MR) is 70.3 cm³/mol. The number of ketones is 1. The third-order valence-electron chi connectivity index (χ3n) is 3.61. The van der Waals surface area contributed by atoms with Crippen molar-refractivity contribution in [1.29, 1.82) is 0 Å². The van der Waals surface area contributed by atoms with Gasteiger partial charge in [0.05, 0.1) is 5.57 Å². The number of halogens is 3. The Morgan fingerprint density at radius 2 is 1.81 bits per heavy atom. The van der Waals surface area contributed by atoms with Crippen molar-refractivity contribution in [2.75, 3.05) is 0 Å². The third-order valence-corrected chi connectivity index (χ3v) is 3.61. The fraction of sp³-hybridized carbons (Fsp3) is 0.333. The van der Waals surface area contributed by atoms with E-state index in [-0.39, 0.29) is 16.7 Å². The molecule has 0 bridgehead atoms. The minimum absolute atomic E-state index is 0.0483. The molecule has 21 heavy (non-hydrogen) atoms. The van der Waals surface area contributed by atoms with Gasteiger partial charge in [-0.2, -0.15) is 13.2 Å². The van der Waals surface area contributed by atoms with Crippen molar-refractivity contribution >= 4 is 11.7 Å². The van der Waals surface area contributed by atoms with E-state index in [1.807, 2.05) is 5.32 Å². The third kappa shape index (κ3) is 2.46. The van der Waals surface area contributed by atoms with Crippen LogP contribution < -0.4 is 5.32 Å². The van der Waals surface area contributed by atoms with E-state index in [1.165, 1.54) is 38.1 Å². The number of carbonyl (C=O) groups excluding carboxylic acids is 2. The molecule has 0 radical (unpaired) electrons. The van der Waals surface area contributed by atoms with Gasteiger partial charge in [-0.3, -0.25) is 9.59 Å². The van der Waals surface area contributed by atoms with E-state index >= 15 is 0 Å². The predicted octanol–water partition coefficient (Wildman–Crippen LogP) is 2.87. The Bertz CT molecular complexity index is 620. The maximum Gasteiger partial charge on any atom is 0.416 e. The summed E-state index contributed by atoms with van der Waals surface area (Å²) in [6.07, 6.45) is -5.14. The molecule has 112 valence electrons. The zero-order valence-electron chi connectivity index (χ0n) is 11.5. The lowest BCUT2D eigenvalue weighted by Crippen LogP contribution is -2.59. The number of alkyl halides is 3. The highest BCUT2D eigenvalue weighted by Gasteiger charge is 2.59. The van der Waals surface area contributed by atoms with Crippen LogP contribution in [-0.2, 0) is 15.1 Å². The number of nitrogens with one attached hydrogen (secondary N) is 1. The normalized spacial score (nSPS) is 23.0. The molecule has 0 saturated carbocycles. The van der Waals surface area contributed by atoms with Crippen LogP contribution >= 0.6 is 0 Å². The van der Waals surface area contributed by atoms with E-state index in [0.29, 0.717) is 0 Å². The molecule has 1 aliphatic heterocycles. The van der Waals surface area contributed by atoms with Crippen LogP contribution in [0.15, 0.2) is 41.5 Å². The summed E-state index contributed by atoms with van der Waals surface area (Å²) in [5, 5.41) is 2.01. The second-order valence-corrected chi connectivity index (χ2v) is 5.11. The van der Waals surface area contributed by atoms with Crippen molar-refractivity contribution in [3.63, 3.8) is 0 Å². The Morgan fingerprint density at radius 3 is 2.24 bits per heavy atom. The summed E-state index contributed by atoms with van der Waals surface area (Å²) in [4.78, 5) is 23.4. The van der Waals surface area contributed by atoms with Gasteiger partial charge in [0.2, 0.25) is 0 Å². The molecule has 0 spiro atoms. The zero-order chi connectivity index (χ0) is 15.8. The first kappa shape index (κ1) is 15.3. The van der Waals surface area contributed by atoms with Gasteiger partial charge in [0, 0.05) is 6.42 Å². The summed E-state index contributed by atoms with van der Waals surface area (Å²) in [5.41, 5.74) is -2.58. The fourth-order valence-corrected chi connectivity index (χ4v) is 2.67. The minimum atomic E-state index is -4.67. The van der Waals surface area contributed by atoms with Gasteiger partial charge < -0.3 is 5.32 Å². The highest BCUT2D eigenvalue weighted by atomic mass is 19.4. The molecule has 1 amide bonds. The number of hydrogen-bond donors (Lipinski definition) is 1. The Kier molecular flexibility index (Phi) is 3.65. The van der Waals surface area contributed by atoms with E-state index in [2.05, 4.69) is 0 Å². The van der Waals surface area contributed by atoms with E-state index in [4.69, 9.17) is 0 Å². The molecule has 0 aromatic heterocycles. The van der Waals surface area contributed by atoms with Crippen LogP contribution in [0.3, 0.4) is 0 Å². The molecule has 1 atom stereocenters. The molecule has 1 aromatic rings. The minimum Gasteiger partial charge on any atom is -0.334 e. The molecular weight excluding hydrogens is 283 g/mol. The van der Waals surface area contributed by atoms with Crippen molar-refractivity contribution in [2.45, 2.75) is 32.0 Å². The molecule has 0 fully saturated rings. The first-order chi connectivity index (χ1) is 9.69.